The van der Waals surface area contributed by atoms with Gasteiger partial charge >= 0.3 is 5.97 Å². The summed E-state index contributed by atoms with van der Waals surface area (Å²) in [5.74, 6) is -0.898. The standard InChI is InChI=1S/C14H16BrNO3/c1-2-14(13(18)19)7-8-16(9-14)12(17)10-3-5-11(15)6-4-10/h3-6H,2,7-9H2,1H3,(H,18,19). The van der Waals surface area contributed by atoms with Crippen molar-refractivity contribution in [3.8, 4) is 0 Å². The third kappa shape index (κ3) is 2.66. The molecule has 1 saturated heterocycles. The second-order valence-corrected chi connectivity index (χ2v) is 5.84. The SMILES string of the molecule is CCC1(C(=O)O)CCN(C(=O)c2ccc(Br)cc2)C1. The number of carbonyl (C=O) groups is 2. The topological polar surface area (TPSA) is 57.6 Å². The maximum atomic E-state index is 12.3. The van der Waals surface area contributed by atoms with Crippen molar-refractivity contribution in [1.29, 1.82) is 0 Å². The Hall–Kier alpha value is -1.36. The second-order valence-electron chi connectivity index (χ2n) is 4.92. The molecular weight excluding hydrogens is 310 g/mol. The minimum absolute atomic E-state index is 0.0934. The Kier molecular flexibility index (Phi) is 3.94. The fraction of sp³-hybridized carbons (Fsp3) is 0.429. The molecule has 102 valence electrons. The molecule has 0 aromatic heterocycles. The molecule has 1 atom stereocenters. The van der Waals surface area contributed by atoms with Crippen LogP contribution in [0.1, 0.15) is 30.1 Å². The first kappa shape index (κ1) is 14.1. The van der Waals surface area contributed by atoms with Crippen LogP contribution in [-0.2, 0) is 4.79 Å². The Bertz CT molecular complexity index is 500. The average Bonchev–Trinajstić information content (AvgIpc) is 2.84. The van der Waals surface area contributed by atoms with E-state index < -0.39 is 11.4 Å². The number of nitrogens with zero attached hydrogens (tertiary/aromatic N) is 1. The summed E-state index contributed by atoms with van der Waals surface area (Å²) in [7, 11) is 0. The van der Waals surface area contributed by atoms with Gasteiger partial charge in [0.2, 0.25) is 0 Å². The average molecular weight is 326 g/mol. The van der Waals surface area contributed by atoms with Gasteiger partial charge in [0.15, 0.2) is 0 Å². The lowest BCUT2D eigenvalue weighted by molar-refractivity contribution is -0.148. The lowest BCUT2D eigenvalue weighted by Gasteiger charge is -2.23. The molecule has 0 bridgehead atoms. The van der Waals surface area contributed by atoms with Crippen LogP contribution in [0.25, 0.3) is 0 Å². The van der Waals surface area contributed by atoms with Crippen molar-refractivity contribution in [2.24, 2.45) is 5.41 Å². The summed E-state index contributed by atoms with van der Waals surface area (Å²) in [6.07, 6.45) is 1.08. The third-order valence-electron chi connectivity index (χ3n) is 3.86. The van der Waals surface area contributed by atoms with Crippen LogP contribution in [0.5, 0.6) is 0 Å². The molecule has 1 aliphatic heterocycles. The van der Waals surface area contributed by atoms with Crippen molar-refractivity contribution in [1.82, 2.24) is 4.90 Å². The number of carboxylic acid groups (broad SMARTS) is 1. The Morgan fingerprint density at radius 3 is 2.47 bits per heavy atom. The summed E-state index contributed by atoms with van der Waals surface area (Å²) in [5, 5.41) is 9.33. The van der Waals surface area contributed by atoms with Gasteiger partial charge in [-0.05, 0) is 37.1 Å². The summed E-state index contributed by atoms with van der Waals surface area (Å²) in [4.78, 5) is 25.3. The van der Waals surface area contributed by atoms with Gasteiger partial charge in [-0.2, -0.15) is 0 Å². The first-order valence-corrected chi connectivity index (χ1v) is 7.06. The molecule has 0 spiro atoms. The van der Waals surface area contributed by atoms with Crippen molar-refractivity contribution in [2.75, 3.05) is 13.1 Å². The summed E-state index contributed by atoms with van der Waals surface area (Å²) >= 11 is 3.32. The van der Waals surface area contributed by atoms with Gasteiger partial charge in [-0.1, -0.05) is 22.9 Å². The van der Waals surface area contributed by atoms with E-state index in [-0.39, 0.29) is 5.91 Å². The smallest absolute Gasteiger partial charge is 0.311 e. The van der Waals surface area contributed by atoms with E-state index in [1.165, 1.54) is 0 Å². The summed E-state index contributed by atoms with van der Waals surface area (Å²) in [6, 6.07) is 7.12. The predicted molar refractivity (Wildman–Crippen MR) is 75.0 cm³/mol. The minimum atomic E-state index is -0.805. The van der Waals surface area contributed by atoms with E-state index in [0.29, 0.717) is 31.5 Å². The van der Waals surface area contributed by atoms with Crippen molar-refractivity contribution < 1.29 is 14.7 Å². The van der Waals surface area contributed by atoms with Gasteiger partial charge in [0.25, 0.3) is 5.91 Å². The number of amides is 1. The van der Waals surface area contributed by atoms with Crippen LogP contribution >= 0.6 is 15.9 Å². The molecule has 0 saturated carbocycles. The van der Waals surface area contributed by atoms with E-state index in [1.807, 2.05) is 19.1 Å². The third-order valence-corrected chi connectivity index (χ3v) is 4.39. The Morgan fingerprint density at radius 1 is 1.37 bits per heavy atom. The lowest BCUT2D eigenvalue weighted by Crippen LogP contribution is -2.36. The highest BCUT2D eigenvalue weighted by molar-refractivity contribution is 9.10. The molecule has 19 heavy (non-hydrogen) atoms. The van der Waals surface area contributed by atoms with Crippen LogP contribution in [0, 0.1) is 5.41 Å². The molecule has 5 heteroatoms. The van der Waals surface area contributed by atoms with Crippen molar-refractivity contribution in [3.63, 3.8) is 0 Å². The minimum Gasteiger partial charge on any atom is -0.481 e. The fourth-order valence-corrected chi connectivity index (χ4v) is 2.70. The molecule has 4 nitrogen and oxygen atoms in total. The van der Waals surface area contributed by atoms with Crippen LogP contribution in [-0.4, -0.2) is 35.0 Å². The van der Waals surface area contributed by atoms with E-state index >= 15 is 0 Å². The van der Waals surface area contributed by atoms with Crippen molar-refractivity contribution in [3.05, 3.63) is 34.3 Å². The molecule has 2 rings (SSSR count). The normalized spacial score (nSPS) is 22.5. The highest BCUT2D eigenvalue weighted by Gasteiger charge is 2.44. The number of aliphatic carboxylic acids is 1. The quantitative estimate of drug-likeness (QED) is 0.929. The van der Waals surface area contributed by atoms with Crippen LogP contribution < -0.4 is 0 Å². The van der Waals surface area contributed by atoms with Gasteiger partial charge in [0.1, 0.15) is 0 Å². The molecule has 1 aliphatic rings. The number of carboxylic acids is 1. The summed E-state index contributed by atoms with van der Waals surface area (Å²) in [6.45, 7) is 2.67. The largest absolute Gasteiger partial charge is 0.481 e. The molecule has 1 aromatic rings. The summed E-state index contributed by atoms with van der Waals surface area (Å²) < 4.78 is 0.916. The van der Waals surface area contributed by atoms with Gasteiger partial charge in [0.05, 0.1) is 5.41 Å². The molecule has 0 aliphatic carbocycles. The van der Waals surface area contributed by atoms with Crippen LogP contribution in [0.3, 0.4) is 0 Å². The first-order chi connectivity index (χ1) is 8.98. The molecule has 1 heterocycles. The number of rotatable bonds is 3. The molecular formula is C14H16BrNO3. The van der Waals surface area contributed by atoms with E-state index in [9.17, 15) is 14.7 Å². The Morgan fingerprint density at radius 2 is 2.00 bits per heavy atom. The van der Waals surface area contributed by atoms with Gasteiger partial charge < -0.3 is 10.0 Å². The monoisotopic (exact) mass is 325 g/mol. The van der Waals surface area contributed by atoms with E-state index in [2.05, 4.69) is 15.9 Å². The second kappa shape index (κ2) is 5.33. The van der Waals surface area contributed by atoms with Gasteiger partial charge in [0, 0.05) is 23.1 Å². The zero-order valence-electron chi connectivity index (χ0n) is 10.7. The lowest BCUT2D eigenvalue weighted by atomic mass is 9.84. The molecule has 1 fully saturated rings. The van der Waals surface area contributed by atoms with E-state index in [1.54, 1.807) is 17.0 Å². The molecule has 1 unspecified atom stereocenters. The zero-order valence-corrected chi connectivity index (χ0v) is 12.3. The Balaban J connectivity index is 2.14. The van der Waals surface area contributed by atoms with E-state index in [0.717, 1.165) is 4.47 Å². The number of carbonyl (C=O) groups excluding carboxylic acids is 1. The highest BCUT2D eigenvalue weighted by atomic mass is 79.9. The molecule has 1 aromatic carbocycles. The van der Waals surface area contributed by atoms with Crippen LogP contribution in [0.2, 0.25) is 0 Å². The van der Waals surface area contributed by atoms with Crippen LogP contribution in [0.4, 0.5) is 0 Å². The molecule has 1 amide bonds. The Labute approximate surface area is 120 Å². The van der Waals surface area contributed by atoms with Crippen molar-refractivity contribution in [2.45, 2.75) is 19.8 Å². The van der Waals surface area contributed by atoms with E-state index in [4.69, 9.17) is 0 Å². The summed E-state index contributed by atoms with van der Waals surface area (Å²) in [5.41, 5.74) is -0.175. The highest BCUT2D eigenvalue weighted by Crippen LogP contribution is 2.34. The predicted octanol–water partition coefficient (Wildman–Crippen LogP) is 2.78. The number of likely N-dealkylation sites (tertiary alicyclic amines) is 1. The maximum Gasteiger partial charge on any atom is 0.311 e. The maximum absolute atomic E-state index is 12.3. The van der Waals surface area contributed by atoms with Crippen molar-refractivity contribution >= 4 is 27.8 Å². The molecule has 1 N–H and O–H groups in total. The van der Waals surface area contributed by atoms with Gasteiger partial charge in [-0.15, -0.1) is 0 Å². The van der Waals surface area contributed by atoms with Gasteiger partial charge in [-0.3, -0.25) is 9.59 Å². The number of hydrogen-bond acceptors (Lipinski definition) is 2. The molecule has 0 radical (unpaired) electrons. The fourth-order valence-electron chi connectivity index (χ4n) is 2.44. The van der Waals surface area contributed by atoms with Gasteiger partial charge in [-0.25, -0.2) is 0 Å². The first-order valence-electron chi connectivity index (χ1n) is 6.27. The number of benzene rings is 1. The zero-order chi connectivity index (χ0) is 14.0. The number of hydrogen-bond donors (Lipinski definition) is 1. The van der Waals surface area contributed by atoms with Crippen LogP contribution in [0.15, 0.2) is 28.7 Å². The number of halogens is 1.